The Hall–Kier alpha value is -2.29. The lowest BCUT2D eigenvalue weighted by molar-refractivity contribution is -0.108. The molecule has 0 saturated carbocycles. The Morgan fingerprint density at radius 2 is 1.58 bits per heavy atom. The summed E-state index contributed by atoms with van der Waals surface area (Å²) in [7, 11) is 0. The van der Waals surface area contributed by atoms with Gasteiger partial charge in [-0.05, 0) is 43.7 Å². The number of nitrogens with two attached hydrogens (primary N) is 1. The Balaban J connectivity index is 2.41. The second-order valence-corrected chi connectivity index (χ2v) is 4.99. The summed E-state index contributed by atoms with van der Waals surface area (Å²) < 4.78 is 0. The second kappa shape index (κ2) is 5.14. The van der Waals surface area contributed by atoms with Gasteiger partial charge in [0.05, 0.1) is 5.54 Å². The van der Waals surface area contributed by atoms with Crippen LogP contribution in [0.5, 0.6) is 0 Å². The van der Waals surface area contributed by atoms with Gasteiger partial charge in [-0.25, -0.2) is 0 Å². The lowest BCUT2D eigenvalue weighted by atomic mass is 9.92. The van der Waals surface area contributed by atoms with E-state index in [0.717, 1.165) is 23.3 Å². The Kier molecular flexibility index (Phi) is 3.56. The summed E-state index contributed by atoms with van der Waals surface area (Å²) in [6, 6.07) is 17.2. The molecule has 3 nitrogen and oxygen atoms in total. The van der Waals surface area contributed by atoms with E-state index in [-0.39, 0.29) is 0 Å². The molecule has 2 rings (SSSR count). The molecule has 0 saturated heterocycles. The van der Waals surface area contributed by atoms with E-state index in [9.17, 15) is 4.79 Å². The number of para-hydroxylation sites is 1. The highest BCUT2D eigenvalue weighted by atomic mass is 16.1. The molecule has 1 amide bonds. The molecule has 0 unspecified atom stereocenters. The minimum Gasteiger partial charge on any atom is -0.399 e. The maximum absolute atomic E-state index is 11.5. The Labute approximate surface area is 113 Å². The van der Waals surface area contributed by atoms with Crippen LogP contribution >= 0.6 is 0 Å². The van der Waals surface area contributed by atoms with Crippen molar-refractivity contribution >= 4 is 17.8 Å². The Morgan fingerprint density at radius 3 is 2.11 bits per heavy atom. The minimum atomic E-state index is -0.434. The van der Waals surface area contributed by atoms with E-state index in [1.165, 1.54) is 0 Å². The van der Waals surface area contributed by atoms with Crippen LogP contribution in [0, 0.1) is 0 Å². The predicted octanol–water partition coefficient (Wildman–Crippen LogP) is 3.17. The SMILES string of the molecule is CC(C)(c1ccc(N)cc1)N(C=O)c1ccccc1. The number of carbonyl (C=O) groups is 1. The molecule has 0 aliphatic heterocycles. The summed E-state index contributed by atoms with van der Waals surface area (Å²) in [4.78, 5) is 13.2. The molecule has 0 aliphatic carbocycles. The molecular weight excluding hydrogens is 236 g/mol. The molecule has 98 valence electrons. The van der Waals surface area contributed by atoms with E-state index in [4.69, 9.17) is 5.73 Å². The number of nitrogen functional groups attached to an aromatic ring is 1. The zero-order chi connectivity index (χ0) is 13.9. The fourth-order valence-electron chi connectivity index (χ4n) is 2.13. The smallest absolute Gasteiger partial charge is 0.214 e. The fourth-order valence-corrected chi connectivity index (χ4v) is 2.13. The van der Waals surface area contributed by atoms with Crippen molar-refractivity contribution in [2.45, 2.75) is 19.4 Å². The number of hydrogen-bond donors (Lipinski definition) is 1. The zero-order valence-corrected chi connectivity index (χ0v) is 11.2. The van der Waals surface area contributed by atoms with Gasteiger partial charge < -0.3 is 10.6 Å². The molecule has 0 bridgehead atoms. The third kappa shape index (κ3) is 2.60. The lowest BCUT2D eigenvalue weighted by Crippen LogP contribution is -2.40. The highest BCUT2D eigenvalue weighted by Crippen LogP contribution is 2.31. The fraction of sp³-hybridized carbons (Fsp3) is 0.188. The van der Waals surface area contributed by atoms with Crippen molar-refractivity contribution < 1.29 is 4.79 Å². The first-order valence-corrected chi connectivity index (χ1v) is 6.21. The standard InChI is InChI=1S/C16H18N2O/c1-16(2,13-8-10-14(17)11-9-13)18(12-19)15-6-4-3-5-7-15/h3-12H,17H2,1-2H3. The number of benzene rings is 2. The monoisotopic (exact) mass is 254 g/mol. The molecule has 0 fully saturated rings. The molecule has 19 heavy (non-hydrogen) atoms. The van der Waals surface area contributed by atoms with Crippen LogP contribution in [0.25, 0.3) is 0 Å². The van der Waals surface area contributed by atoms with Gasteiger partial charge in [-0.3, -0.25) is 4.79 Å². The first-order valence-electron chi connectivity index (χ1n) is 6.21. The highest BCUT2D eigenvalue weighted by Gasteiger charge is 2.28. The molecule has 0 aliphatic rings. The van der Waals surface area contributed by atoms with Crippen molar-refractivity contribution in [1.29, 1.82) is 0 Å². The normalized spacial score (nSPS) is 11.1. The molecule has 0 heterocycles. The number of rotatable bonds is 4. The van der Waals surface area contributed by atoms with E-state index in [1.54, 1.807) is 4.90 Å². The van der Waals surface area contributed by atoms with Crippen molar-refractivity contribution in [2.75, 3.05) is 10.6 Å². The number of carbonyl (C=O) groups excluding carboxylic acids is 1. The largest absolute Gasteiger partial charge is 0.399 e. The van der Waals surface area contributed by atoms with Crippen LogP contribution in [0.15, 0.2) is 54.6 Å². The van der Waals surface area contributed by atoms with E-state index in [0.29, 0.717) is 0 Å². The van der Waals surface area contributed by atoms with Crippen LogP contribution in [-0.2, 0) is 10.3 Å². The maximum atomic E-state index is 11.5. The zero-order valence-electron chi connectivity index (χ0n) is 11.2. The number of hydrogen-bond acceptors (Lipinski definition) is 2. The van der Waals surface area contributed by atoms with Crippen molar-refractivity contribution in [2.24, 2.45) is 0 Å². The Morgan fingerprint density at radius 1 is 1.00 bits per heavy atom. The van der Waals surface area contributed by atoms with Gasteiger partial charge in [0.2, 0.25) is 6.41 Å². The molecular formula is C16H18N2O. The number of anilines is 2. The van der Waals surface area contributed by atoms with Crippen molar-refractivity contribution in [3.8, 4) is 0 Å². The molecule has 0 aromatic heterocycles. The maximum Gasteiger partial charge on any atom is 0.214 e. The average Bonchev–Trinajstić information content (AvgIpc) is 2.41. The van der Waals surface area contributed by atoms with Gasteiger partial charge in [0.1, 0.15) is 0 Å². The summed E-state index contributed by atoms with van der Waals surface area (Å²) in [5.74, 6) is 0. The first-order chi connectivity index (χ1) is 9.05. The van der Waals surface area contributed by atoms with Crippen LogP contribution in [-0.4, -0.2) is 6.41 Å². The molecule has 0 atom stereocenters. The third-order valence-electron chi connectivity index (χ3n) is 3.36. The minimum absolute atomic E-state index is 0.434. The number of nitrogens with zero attached hydrogens (tertiary/aromatic N) is 1. The van der Waals surface area contributed by atoms with E-state index in [2.05, 4.69) is 0 Å². The van der Waals surface area contributed by atoms with E-state index < -0.39 is 5.54 Å². The topological polar surface area (TPSA) is 46.3 Å². The molecule has 2 N–H and O–H groups in total. The molecule has 2 aromatic carbocycles. The molecule has 2 aromatic rings. The molecule has 0 spiro atoms. The van der Waals surface area contributed by atoms with E-state index >= 15 is 0 Å². The summed E-state index contributed by atoms with van der Waals surface area (Å²) in [5.41, 5.74) is 7.91. The van der Waals surface area contributed by atoms with E-state index in [1.807, 2.05) is 68.4 Å². The van der Waals surface area contributed by atoms with Gasteiger partial charge in [0.15, 0.2) is 0 Å². The third-order valence-corrected chi connectivity index (χ3v) is 3.36. The lowest BCUT2D eigenvalue weighted by Gasteiger charge is -2.36. The van der Waals surface area contributed by atoms with Gasteiger partial charge in [-0.1, -0.05) is 30.3 Å². The molecule has 3 heteroatoms. The van der Waals surface area contributed by atoms with Crippen molar-refractivity contribution in [3.05, 3.63) is 60.2 Å². The van der Waals surface area contributed by atoms with Crippen LogP contribution in [0.2, 0.25) is 0 Å². The van der Waals surface area contributed by atoms with Crippen LogP contribution in [0.4, 0.5) is 11.4 Å². The quantitative estimate of drug-likeness (QED) is 0.673. The second-order valence-electron chi connectivity index (χ2n) is 4.99. The Bertz CT molecular complexity index is 547. The van der Waals surface area contributed by atoms with Gasteiger partial charge in [0, 0.05) is 11.4 Å². The number of amides is 1. The van der Waals surface area contributed by atoms with Gasteiger partial charge in [-0.15, -0.1) is 0 Å². The van der Waals surface area contributed by atoms with Crippen LogP contribution in [0.1, 0.15) is 19.4 Å². The van der Waals surface area contributed by atoms with Gasteiger partial charge in [-0.2, -0.15) is 0 Å². The summed E-state index contributed by atoms with van der Waals surface area (Å²) in [5, 5.41) is 0. The van der Waals surface area contributed by atoms with Crippen molar-refractivity contribution in [3.63, 3.8) is 0 Å². The molecule has 0 radical (unpaired) electrons. The van der Waals surface area contributed by atoms with Crippen LogP contribution < -0.4 is 10.6 Å². The summed E-state index contributed by atoms with van der Waals surface area (Å²) in [6.45, 7) is 4.03. The predicted molar refractivity (Wildman–Crippen MR) is 78.9 cm³/mol. The first kappa shape index (κ1) is 13.1. The summed E-state index contributed by atoms with van der Waals surface area (Å²) >= 11 is 0. The van der Waals surface area contributed by atoms with Gasteiger partial charge >= 0.3 is 0 Å². The van der Waals surface area contributed by atoms with Gasteiger partial charge in [0.25, 0.3) is 0 Å². The average molecular weight is 254 g/mol. The highest BCUT2D eigenvalue weighted by molar-refractivity contribution is 5.77. The van der Waals surface area contributed by atoms with Crippen LogP contribution in [0.3, 0.4) is 0 Å². The van der Waals surface area contributed by atoms with Crippen molar-refractivity contribution in [1.82, 2.24) is 0 Å². The summed E-state index contributed by atoms with van der Waals surface area (Å²) in [6.07, 6.45) is 0.867.